The van der Waals surface area contributed by atoms with Crippen LogP contribution in [0.5, 0.6) is 5.75 Å². The molecule has 24 heavy (non-hydrogen) atoms. The van der Waals surface area contributed by atoms with Gasteiger partial charge in [0.1, 0.15) is 5.75 Å². The Morgan fingerprint density at radius 2 is 1.71 bits per heavy atom. The van der Waals surface area contributed by atoms with Gasteiger partial charge in [0.2, 0.25) is 5.76 Å². The second kappa shape index (κ2) is 6.57. The molecule has 0 aliphatic carbocycles. The minimum Gasteiger partial charge on any atom is -0.497 e. The van der Waals surface area contributed by atoms with Gasteiger partial charge in [0, 0.05) is 0 Å². The van der Waals surface area contributed by atoms with Gasteiger partial charge in [-0.15, -0.1) is 5.06 Å². The summed E-state index contributed by atoms with van der Waals surface area (Å²) in [7, 11) is 1.54. The molecule has 0 saturated carbocycles. The molecule has 0 N–H and O–H groups in total. The van der Waals surface area contributed by atoms with Gasteiger partial charge in [-0.05, 0) is 29.3 Å². The molecule has 0 bridgehead atoms. The fraction of sp³-hybridized carbons (Fsp3) is 0.222. The summed E-state index contributed by atoms with van der Waals surface area (Å²) in [4.78, 5) is 5.09. The highest BCUT2D eigenvalue weighted by atomic mass is 19.4. The molecule has 0 amide bonds. The first kappa shape index (κ1) is 16.4. The SMILES string of the molecule is COc1ccc(C2C=C(C(F)(F)F)ON2Cc2ccccc2)cc1. The molecule has 1 heterocycles. The number of ether oxygens (including phenoxy) is 1. The van der Waals surface area contributed by atoms with Crippen molar-refractivity contribution in [3.8, 4) is 5.75 Å². The van der Waals surface area contributed by atoms with Crippen LogP contribution < -0.4 is 4.74 Å². The molecule has 1 atom stereocenters. The van der Waals surface area contributed by atoms with Gasteiger partial charge in [-0.2, -0.15) is 13.2 Å². The second-order valence-electron chi connectivity index (χ2n) is 5.40. The number of hydrogen-bond donors (Lipinski definition) is 0. The van der Waals surface area contributed by atoms with Crippen molar-refractivity contribution in [1.29, 1.82) is 0 Å². The number of hydroxylamine groups is 2. The minimum atomic E-state index is -4.52. The third kappa shape index (κ3) is 3.54. The molecule has 2 aromatic carbocycles. The van der Waals surface area contributed by atoms with Crippen molar-refractivity contribution < 1.29 is 22.7 Å². The van der Waals surface area contributed by atoms with Crippen LogP contribution >= 0.6 is 0 Å². The maximum atomic E-state index is 13.0. The largest absolute Gasteiger partial charge is 0.497 e. The van der Waals surface area contributed by atoms with E-state index in [9.17, 15) is 13.2 Å². The first-order chi connectivity index (χ1) is 11.5. The van der Waals surface area contributed by atoms with Gasteiger partial charge < -0.3 is 9.57 Å². The monoisotopic (exact) mass is 335 g/mol. The third-order valence-electron chi connectivity index (χ3n) is 3.75. The van der Waals surface area contributed by atoms with E-state index in [-0.39, 0.29) is 6.54 Å². The van der Waals surface area contributed by atoms with Crippen LogP contribution in [0.15, 0.2) is 66.4 Å². The average molecular weight is 335 g/mol. The molecule has 2 aromatic rings. The molecular weight excluding hydrogens is 319 g/mol. The summed E-state index contributed by atoms with van der Waals surface area (Å²) in [6, 6.07) is 15.5. The Balaban J connectivity index is 1.88. The second-order valence-corrected chi connectivity index (χ2v) is 5.40. The Bertz CT molecular complexity index is 711. The van der Waals surface area contributed by atoms with E-state index >= 15 is 0 Å². The number of alkyl halides is 3. The highest BCUT2D eigenvalue weighted by Gasteiger charge is 2.43. The number of hydrogen-bond acceptors (Lipinski definition) is 3. The summed E-state index contributed by atoms with van der Waals surface area (Å²) < 4.78 is 44.2. The van der Waals surface area contributed by atoms with Crippen LogP contribution in [-0.2, 0) is 11.4 Å². The topological polar surface area (TPSA) is 21.7 Å². The Labute approximate surface area is 137 Å². The fourth-order valence-corrected chi connectivity index (χ4v) is 2.54. The van der Waals surface area contributed by atoms with Crippen molar-refractivity contribution in [3.05, 3.63) is 77.6 Å². The predicted molar refractivity (Wildman–Crippen MR) is 82.9 cm³/mol. The lowest BCUT2D eigenvalue weighted by Crippen LogP contribution is -2.24. The van der Waals surface area contributed by atoms with Gasteiger partial charge in [-0.1, -0.05) is 42.5 Å². The van der Waals surface area contributed by atoms with Crippen molar-refractivity contribution in [2.24, 2.45) is 0 Å². The molecule has 0 spiro atoms. The predicted octanol–water partition coefficient (Wildman–Crippen LogP) is 4.63. The van der Waals surface area contributed by atoms with Crippen molar-refractivity contribution in [3.63, 3.8) is 0 Å². The zero-order valence-electron chi connectivity index (χ0n) is 13.0. The maximum absolute atomic E-state index is 13.0. The Hall–Kier alpha value is -2.47. The Morgan fingerprint density at radius 1 is 1.04 bits per heavy atom. The summed E-state index contributed by atoms with van der Waals surface area (Å²) in [5.74, 6) is -0.341. The van der Waals surface area contributed by atoms with E-state index in [1.165, 1.54) is 12.2 Å². The van der Waals surface area contributed by atoms with Crippen LogP contribution in [0.4, 0.5) is 13.2 Å². The lowest BCUT2D eigenvalue weighted by Gasteiger charge is -2.24. The molecule has 1 unspecified atom stereocenters. The van der Waals surface area contributed by atoms with Crippen molar-refractivity contribution in [2.75, 3.05) is 7.11 Å². The molecule has 3 nitrogen and oxygen atoms in total. The molecule has 0 radical (unpaired) electrons. The first-order valence-corrected chi connectivity index (χ1v) is 7.39. The van der Waals surface area contributed by atoms with E-state index in [0.717, 1.165) is 11.6 Å². The van der Waals surface area contributed by atoms with Gasteiger partial charge >= 0.3 is 6.18 Å². The minimum absolute atomic E-state index is 0.244. The standard InChI is InChI=1S/C18H16F3NO2/c1-23-15-9-7-14(8-10-15)16-11-17(18(19,20)21)24-22(16)12-13-5-3-2-4-6-13/h2-11,16H,12H2,1H3. The molecular formula is C18H16F3NO2. The normalized spacial score (nSPS) is 18.2. The van der Waals surface area contributed by atoms with E-state index in [2.05, 4.69) is 0 Å². The van der Waals surface area contributed by atoms with E-state index in [1.54, 1.807) is 24.3 Å². The van der Waals surface area contributed by atoms with Crippen LogP contribution in [0.3, 0.4) is 0 Å². The molecule has 126 valence electrons. The summed E-state index contributed by atoms with van der Waals surface area (Å²) in [6.07, 6.45) is -3.42. The van der Waals surface area contributed by atoms with Crippen molar-refractivity contribution in [1.82, 2.24) is 5.06 Å². The molecule has 1 aliphatic heterocycles. The van der Waals surface area contributed by atoms with Crippen molar-refractivity contribution in [2.45, 2.75) is 18.8 Å². The van der Waals surface area contributed by atoms with Gasteiger partial charge in [0.15, 0.2) is 0 Å². The van der Waals surface area contributed by atoms with Gasteiger partial charge in [-0.25, -0.2) is 0 Å². The van der Waals surface area contributed by atoms with Crippen LogP contribution in [-0.4, -0.2) is 18.3 Å². The number of benzene rings is 2. The zero-order valence-corrected chi connectivity index (χ0v) is 13.0. The van der Waals surface area contributed by atoms with Gasteiger partial charge in [-0.3, -0.25) is 0 Å². The zero-order chi connectivity index (χ0) is 17.2. The number of rotatable bonds is 4. The summed E-state index contributed by atoms with van der Waals surface area (Å²) in [6.45, 7) is 0.244. The lowest BCUT2D eigenvalue weighted by atomic mass is 10.1. The van der Waals surface area contributed by atoms with E-state index in [4.69, 9.17) is 9.57 Å². The van der Waals surface area contributed by atoms with Crippen LogP contribution in [0.1, 0.15) is 17.2 Å². The lowest BCUT2D eigenvalue weighted by molar-refractivity contribution is -0.200. The Morgan fingerprint density at radius 3 is 2.29 bits per heavy atom. The molecule has 0 aromatic heterocycles. The smallest absolute Gasteiger partial charge is 0.451 e. The van der Waals surface area contributed by atoms with Crippen LogP contribution in [0.25, 0.3) is 0 Å². The van der Waals surface area contributed by atoms with Crippen molar-refractivity contribution >= 4 is 0 Å². The number of nitrogens with zero attached hydrogens (tertiary/aromatic N) is 1. The molecule has 0 fully saturated rings. The quantitative estimate of drug-likeness (QED) is 0.813. The summed E-state index contributed by atoms with van der Waals surface area (Å²) in [5, 5.41) is 1.33. The maximum Gasteiger partial charge on any atom is 0.451 e. The molecule has 0 saturated heterocycles. The molecule has 3 rings (SSSR count). The number of allylic oxidation sites excluding steroid dienone is 1. The number of methoxy groups -OCH3 is 1. The first-order valence-electron chi connectivity index (χ1n) is 7.39. The fourth-order valence-electron chi connectivity index (χ4n) is 2.54. The van der Waals surface area contributed by atoms with E-state index in [0.29, 0.717) is 11.3 Å². The third-order valence-corrected chi connectivity index (χ3v) is 3.75. The summed E-state index contributed by atoms with van der Waals surface area (Å²) in [5.41, 5.74) is 1.57. The molecule has 1 aliphatic rings. The van der Waals surface area contributed by atoms with Gasteiger partial charge in [0.25, 0.3) is 0 Å². The highest BCUT2D eigenvalue weighted by Crippen LogP contribution is 2.39. The van der Waals surface area contributed by atoms with E-state index in [1.807, 2.05) is 30.3 Å². The average Bonchev–Trinajstić information content (AvgIpc) is 3.00. The summed E-state index contributed by atoms with van der Waals surface area (Å²) >= 11 is 0. The molecule has 6 heteroatoms. The van der Waals surface area contributed by atoms with E-state index < -0.39 is 18.0 Å². The van der Waals surface area contributed by atoms with Crippen LogP contribution in [0, 0.1) is 0 Å². The van der Waals surface area contributed by atoms with Crippen LogP contribution in [0.2, 0.25) is 0 Å². The van der Waals surface area contributed by atoms with Gasteiger partial charge in [0.05, 0.1) is 19.7 Å². The Kier molecular flexibility index (Phi) is 4.49. The number of halogens is 3. The highest BCUT2D eigenvalue weighted by molar-refractivity contribution is 5.33.